The lowest BCUT2D eigenvalue weighted by Gasteiger charge is -2.10. The van der Waals surface area contributed by atoms with E-state index in [1.165, 1.54) is 23.1 Å². The van der Waals surface area contributed by atoms with Gasteiger partial charge in [-0.3, -0.25) is 4.79 Å². The molecular formula is C17H19N5O2S2. The van der Waals surface area contributed by atoms with Crippen LogP contribution in [0.25, 0.3) is 0 Å². The largest absolute Gasteiger partial charge is 0.497 e. The maximum Gasteiger partial charge on any atom is 0.239 e. The molecule has 3 rings (SSSR count). The van der Waals surface area contributed by atoms with Crippen LogP contribution in [0, 0.1) is 0 Å². The number of carbonyl (C=O) groups is 1. The van der Waals surface area contributed by atoms with Crippen LogP contribution in [0.5, 0.6) is 5.75 Å². The lowest BCUT2D eigenvalue weighted by atomic mass is 10.1. The highest BCUT2D eigenvalue weighted by Gasteiger charge is 2.19. The topological polar surface area (TPSA) is 81.9 Å². The molecule has 0 aliphatic rings. The van der Waals surface area contributed by atoms with E-state index in [0.29, 0.717) is 16.7 Å². The average Bonchev–Trinajstić information content (AvgIpc) is 3.27. The van der Waals surface area contributed by atoms with Gasteiger partial charge in [0.15, 0.2) is 10.3 Å². The van der Waals surface area contributed by atoms with Crippen molar-refractivity contribution in [2.45, 2.75) is 23.8 Å². The molecule has 136 valence electrons. The number of ether oxygens (including phenoxy) is 1. The van der Waals surface area contributed by atoms with Crippen molar-refractivity contribution >= 4 is 34.1 Å². The third-order valence-electron chi connectivity index (χ3n) is 3.76. The van der Waals surface area contributed by atoms with Crippen LogP contribution in [0.3, 0.4) is 0 Å². The first-order valence-corrected chi connectivity index (χ1v) is 9.71. The minimum Gasteiger partial charge on any atom is -0.497 e. The number of methoxy groups -OCH3 is 1. The van der Waals surface area contributed by atoms with Crippen LogP contribution in [0.4, 0.5) is 5.13 Å². The molecule has 2 heterocycles. The Hall–Kier alpha value is -2.39. The van der Waals surface area contributed by atoms with Gasteiger partial charge in [-0.25, -0.2) is 4.98 Å². The van der Waals surface area contributed by atoms with Gasteiger partial charge in [-0.15, -0.1) is 21.5 Å². The number of amides is 1. The summed E-state index contributed by atoms with van der Waals surface area (Å²) >= 11 is 2.76. The normalized spacial score (nSPS) is 12.0. The van der Waals surface area contributed by atoms with E-state index in [9.17, 15) is 4.79 Å². The number of rotatable bonds is 7. The maximum absolute atomic E-state index is 12.2. The second kappa shape index (κ2) is 8.33. The lowest BCUT2D eigenvalue weighted by Crippen LogP contribution is -2.22. The third-order valence-corrected chi connectivity index (χ3v) is 5.58. The maximum atomic E-state index is 12.2. The van der Waals surface area contributed by atoms with E-state index in [1.54, 1.807) is 13.3 Å². The number of nitrogens with zero attached hydrogens (tertiary/aromatic N) is 4. The summed E-state index contributed by atoms with van der Waals surface area (Å²) in [7, 11) is 3.56. The summed E-state index contributed by atoms with van der Waals surface area (Å²) in [6, 6.07) is 7.85. The minimum absolute atomic E-state index is 0.107. The Morgan fingerprint density at radius 3 is 2.77 bits per heavy atom. The fraction of sp³-hybridized carbons (Fsp3) is 0.294. The van der Waals surface area contributed by atoms with E-state index < -0.39 is 0 Å². The van der Waals surface area contributed by atoms with Crippen molar-refractivity contribution in [3.8, 4) is 5.75 Å². The summed E-state index contributed by atoms with van der Waals surface area (Å²) in [4.78, 5) is 16.3. The molecule has 0 radical (unpaired) electrons. The lowest BCUT2D eigenvalue weighted by molar-refractivity contribution is -0.115. The molecule has 1 amide bonds. The smallest absolute Gasteiger partial charge is 0.239 e. The molecule has 1 N–H and O–H groups in total. The van der Waals surface area contributed by atoms with E-state index in [1.807, 2.05) is 48.2 Å². The highest BCUT2D eigenvalue weighted by Crippen LogP contribution is 2.24. The molecule has 1 aromatic carbocycles. The highest BCUT2D eigenvalue weighted by atomic mass is 32.2. The first-order valence-electron chi connectivity index (χ1n) is 7.95. The molecule has 26 heavy (non-hydrogen) atoms. The average molecular weight is 390 g/mol. The quantitative estimate of drug-likeness (QED) is 0.626. The fourth-order valence-electron chi connectivity index (χ4n) is 2.23. The Morgan fingerprint density at radius 2 is 2.12 bits per heavy atom. The van der Waals surface area contributed by atoms with Crippen molar-refractivity contribution in [1.29, 1.82) is 0 Å². The molecule has 3 aromatic rings. The van der Waals surface area contributed by atoms with Crippen molar-refractivity contribution < 1.29 is 9.53 Å². The summed E-state index contributed by atoms with van der Waals surface area (Å²) in [6.45, 7) is 1.84. The number of nitrogens with one attached hydrogen (secondary N) is 1. The molecule has 0 bridgehead atoms. The van der Waals surface area contributed by atoms with Crippen LogP contribution < -0.4 is 10.1 Å². The van der Waals surface area contributed by atoms with Crippen LogP contribution in [-0.4, -0.2) is 38.0 Å². The van der Waals surface area contributed by atoms with Gasteiger partial charge in [-0.1, -0.05) is 23.9 Å². The van der Waals surface area contributed by atoms with Gasteiger partial charge in [0.1, 0.15) is 11.6 Å². The molecule has 0 aliphatic heterocycles. The van der Waals surface area contributed by atoms with Crippen molar-refractivity contribution in [1.82, 2.24) is 19.7 Å². The molecule has 0 fully saturated rings. The van der Waals surface area contributed by atoms with Gasteiger partial charge in [0.2, 0.25) is 5.91 Å². The zero-order valence-corrected chi connectivity index (χ0v) is 16.3. The Bertz CT molecular complexity index is 862. The Morgan fingerprint density at radius 1 is 1.35 bits per heavy atom. The fourth-order valence-corrected chi connectivity index (χ4v) is 3.60. The molecule has 7 nitrogen and oxygen atoms in total. The molecule has 1 atom stereocenters. The first-order chi connectivity index (χ1) is 12.6. The van der Waals surface area contributed by atoms with E-state index in [0.717, 1.165) is 17.1 Å². The molecule has 0 spiro atoms. The zero-order chi connectivity index (χ0) is 18.5. The van der Waals surface area contributed by atoms with Crippen molar-refractivity contribution in [3.63, 3.8) is 0 Å². The van der Waals surface area contributed by atoms with Gasteiger partial charge in [-0.05, 0) is 24.6 Å². The third kappa shape index (κ3) is 4.41. The number of aromatic nitrogens is 4. The zero-order valence-electron chi connectivity index (χ0n) is 14.7. The van der Waals surface area contributed by atoms with Gasteiger partial charge in [-0.2, -0.15) is 0 Å². The first kappa shape index (κ1) is 18.4. The predicted molar refractivity (Wildman–Crippen MR) is 103 cm³/mol. The number of carbonyl (C=O) groups excluding carboxylic acids is 1. The SMILES string of the molecule is COc1ccc(Cc2nnc(S[C@H](C)C(=O)Nc3nccs3)n2C)cc1. The molecular weight excluding hydrogens is 370 g/mol. The second-order valence-corrected chi connectivity index (χ2v) is 7.77. The standard InChI is InChI=1S/C17H19N5O2S2/c1-11(15(23)19-16-18-8-9-25-16)26-17-21-20-14(22(17)2)10-12-4-6-13(24-3)7-5-12/h4-9,11H,10H2,1-3H3,(H,18,19,23)/t11-/m1/s1. The number of benzene rings is 1. The van der Waals surface area contributed by atoms with Gasteiger partial charge >= 0.3 is 0 Å². The number of anilines is 1. The predicted octanol–water partition coefficient (Wildman–Crippen LogP) is 2.99. The van der Waals surface area contributed by atoms with E-state index in [2.05, 4.69) is 20.5 Å². The monoisotopic (exact) mass is 389 g/mol. The summed E-state index contributed by atoms with van der Waals surface area (Å²) in [5.41, 5.74) is 1.12. The van der Waals surface area contributed by atoms with Gasteiger partial charge < -0.3 is 14.6 Å². The molecule has 0 saturated heterocycles. The number of thioether (sulfide) groups is 1. The van der Waals surface area contributed by atoms with Crippen molar-refractivity contribution in [3.05, 3.63) is 47.2 Å². The number of thiazole rings is 1. The molecule has 0 aliphatic carbocycles. The second-order valence-electron chi connectivity index (χ2n) is 5.57. The van der Waals surface area contributed by atoms with E-state index >= 15 is 0 Å². The molecule has 0 saturated carbocycles. The van der Waals surface area contributed by atoms with Crippen molar-refractivity contribution in [2.75, 3.05) is 12.4 Å². The van der Waals surface area contributed by atoms with Crippen LogP contribution >= 0.6 is 23.1 Å². The Labute approximate surface area is 159 Å². The Kier molecular flexibility index (Phi) is 5.89. The molecule has 2 aromatic heterocycles. The number of hydrogen-bond acceptors (Lipinski definition) is 7. The van der Waals surface area contributed by atoms with Crippen LogP contribution in [0.1, 0.15) is 18.3 Å². The van der Waals surface area contributed by atoms with Gasteiger partial charge in [0, 0.05) is 25.0 Å². The van der Waals surface area contributed by atoms with E-state index in [-0.39, 0.29) is 11.2 Å². The summed E-state index contributed by atoms with van der Waals surface area (Å²) in [5.74, 6) is 1.55. The molecule has 9 heteroatoms. The minimum atomic E-state index is -0.310. The highest BCUT2D eigenvalue weighted by molar-refractivity contribution is 8.00. The summed E-state index contributed by atoms with van der Waals surface area (Å²) in [6.07, 6.45) is 2.32. The van der Waals surface area contributed by atoms with E-state index in [4.69, 9.17) is 4.74 Å². The summed E-state index contributed by atoms with van der Waals surface area (Å²) in [5, 5.41) is 14.1. The summed E-state index contributed by atoms with van der Waals surface area (Å²) < 4.78 is 7.09. The van der Waals surface area contributed by atoms with Crippen LogP contribution in [0.15, 0.2) is 41.0 Å². The van der Waals surface area contributed by atoms with Crippen molar-refractivity contribution in [2.24, 2.45) is 7.05 Å². The van der Waals surface area contributed by atoms with Crippen LogP contribution in [-0.2, 0) is 18.3 Å². The molecule has 0 unspecified atom stereocenters. The van der Waals surface area contributed by atoms with Gasteiger partial charge in [0.25, 0.3) is 0 Å². The number of hydrogen-bond donors (Lipinski definition) is 1. The Balaban J connectivity index is 1.63. The van der Waals surface area contributed by atoms with Gasteiger partial charge in [0.05, 0.1) is 12.4 Å². The van der Waals surface area contributed by atoms with Crippen LogP contribution in [0.2, 0.25) is 0 Å².